The monoisotopic (exact) mass is 285 g/mol. The standard InChI is InChI=1S/C17H19NOS/c1-2-8-18-15(10-13-7-9-20-12-13)17-11-14-5-3-4-6-16(14)19-17/h3-7,9,11-12,15,18H,2,8,10H2,1H3. The summed E-state index contributed by atoms with van der Waals surface area (Å²) in [6.07, 6.45) is 2.10. The maximum absolute atomic E-state index is 6.02. The highest BCUT2D eigenvalue weighted by molar-refractivity contribution is 7.07. The van der Waals surface area contributed by atoms with Crippen molar-refractivity contribution in [2.75, 3.05) is 6.54 Å². The zero-order valence-electron chi connectivity index (χ0n) is 11.6. The summed E-state index contributed by atoms with van der Waals surface area (Å²) in [7, 11) is 0. The molecule has 0 aliphatic carbocycles. The number of rotatable bonds is 6. The van der Waals surface area contributed by atoms with Gasteiger partial charge in [-0.25, -0.2) is 0 Å². The van der Waals surface area contributed by atoms with E-state index in [-0.39, 0.29) is 6.04 Å². The number of para-hydroxylation sites is 1. The molecule has 0 amide bonds. The molecular weight excluding hydrogens is 266 g/mol. The third-order valence-corrected chi connectivity index (χ3v) is 4.18. The highest BCUT2D eigenvalue weighted by atomic mass is 32.1. The van der Waals surface area contributed by atoms with E-state index < -0.39 is 0 Å². The number of fused-ring (bicyclic) bond motifs is 1. The second kappa shape index (κ2) is 6.25. The Morgan fingerprint density at radius 2 is 2.15 bits per heavy atom. The number of benzene rings is 1. The van der Waals surface area contributed by atoms with E-state index >= 15 is 0 Å². The SMILES string of the molecule is CCCNC(Cc1ccsc1)c1cc2ccccc2o1. The molecule has 0 saturated heterocycles. The Hall–Kier alpha value is -1.58. The van der Waals surface area contributed by atoms with Crippen LogP contribution in [0.1, 0.15) is 30.7 Å². The van der Waals surface area contributed by atoms with Gasteiger partial charge in [-0.1, -0.05) is 25.1 Å². The number of hydrogen-bond donors (Lipinski definition) is 1. The van der Waals surface area contributed by atoms with E-state index in [0.29, 0.717) is 0 Å². The quantitative estimate of drug-likeness (QED) is 0.705. The van der Waals surface area contributed by atoms with E-state index in [1.165, 1.54) is 10.9 Å². The summed E-state index contributed by atoms with van der Waals surface area (Å²) in [6.45, 7) is 3.19. The molecule has 2 heterocycles. The van der Waals surface area contributed by atoms with Gasteiger partial charge in [-0.05, 0) is 53.9 Å². The predicted octanol–water partition coefficient (Wildman–Crippen LogP) is 4.78. The zero-order chi connectivity index (χ0) is 13.8. The van der Waals surface area contributed by atoms with Crippen LogP contribution in [0, 0.1) is 0 Å². The highest BCUT2D eigenvalue weighted by Gasteiger charge is 2.16. The summed E-state index contributed by atoms with van der Waals surface area (Å²) in [5.41, 5.74) is 2.33. The van der Waals surface area contributed by atoms with Crippen molar-refractivity contribution < 1.29 is 4.42 Å². The first-order chi connectivity index (χ1) is 9.86. The molecule has 20 heavy (non-hydrogen) atoms. The lowest BCUT2D eigenvalue weighted by molar-refractivity contribution is 0.428. The second-order valence-corrected chi connectivity index (χ2v) is 5.81. The van der Waals surface area contributed by atoms with Crippen molar-refractivity contribution in [2.45, 2.75) is 25.8 Å². The molecule has 104 valence electrons. The summed E-state index contributed by atoms with van der Waals surface area (Å²) < 4.78 is 6.02. The molecule has 0 aliphatic rings. The van der Waals surface area contributed by atoms with Gasteiger partial charge < -0.3 is 9.73 Å². The predicted molar refractivity (Wildman–Crippen MR) is 85.3 cm³/mol. The topological polar surface area (TPSA) is 25.2 Å². The van der Waals surface area contributed by atoms with Crippen molar-refractivity contribution in [3.05, 3.63) is 58.5 Å². The summed E-state index contributed by atoms with van der Waals surface area (Å²) in [5.74, 6) is 1.03. The van der Waals surface area contributed by atoms with E-state index in [4.69, 9.17) is 4.42 Å². The summed E-state index contributed by atoms with van der Waals surface area (Å²) in [5, 5.41) is 9.11. The molecule has 1 N–H and O–H groups in total. The fraction of sp³-hybridized carbons (Fsp3) is 0.294. The third-order valence-electron chi connectivity index (χ3n) is 3.45. The van der Waals surface area contributed by atoms with Crippen LogP contribution in [0.3, 0.4) is 0 Å². The molecule has 3 aromatic rings. The highest BCUT2D eigenvalue weighted by Crippen LogP contribution is 2.26. The molecule has 3 heteroatoms. The Bertz CT molecular complexity index is 624. The Morgan fingerprint density at radius 1 is 1.25 bits per heavy atom. The number of hydrogen-bond acceptors (Lipinski definition) is 3. The number of thiophene rings is 1. The Labute approximate surface area is 123 Å². The molecule has 0 spiro atoms. The lowest BCUT2D eigenvalue weighted by Crippen LogP contribution is -2.23. The smallest absolute Gasteiger partial charge is 0.134 e. The maximum Gasteiger partial charge on any atom is 0.134 e. The van der Waals surface area contributed by atoms with Gasteiger partial charge in [0.1, 0.15) is 11.3 Å². The van der Waals surface area contributed by atoms with Gasteiger partial charge in [0.05, 0.1) is 6.04 Å². The van der Waals surface area contributed by atoms with Crippen LogP contribution in [0.25, 0.3) is 11.0 Å². The van der Waals surface area contributed by atoms with Crippen molar-refractivity contribution in [2.24, 2.45) is 0 Å². The first kappa shape index (κ1) is 13.4. The summed E-state index contributed by atoms with van der Waals surface area (Å²) >= 11 is 1.75. The molecule has 0 aliphatic heterocycles. The summed E-state index contributed by atoms with van der Waals surface area (Å²) in [4.78, 5) is 0. The third kappa shape index (κ3) is 2.94. The van der Waals surface area contributed by atoms with E-state index in [0.717, 1.165) is 30.7 Å². The lowest BCUT2D eigenvalue weighted by Gasteiger charge is -2.15. The average molecular weight is 285 g/mol. The lowest BCUT2D eigenvalue weighted by atomic mass is 10.1. The Morgan fingerprint density at radius 3 is 2.90 bits per heavy atom. The van der Waals surface area contributed by atoms with Crippen molar-refractivity contribution in [3.63, 3.8) is 0 Å². The molecule has 1 unspecified atom stereocenters. The van der Waals surface area contributed by atoms with Crippen molar-refractivity contribution in [1.82, 2.24) is 5.32 Å². The molecule has 0 fully saturated rings. The van der Waals surface area contributed by atoms with Gasteiger partial charge in [0.15, 0.2) is 0 Å². The first-order valence-corrected chi connectivity index (χ1v) is 8.04. The molecule has 2 nitrogen and oxygen atoms in total. The van der Waals surface area contributed by atoms with Crippen LogP contribution in [0.5, 0.6) is 0 Å². The van der Waals surface area contributed by atoms with Crippen LogP contribution in [-0.2, 0) is 6.42 Å². The summed E-state index contributed by atoms with van der Waals surface area (Å²) in [6, 6.07) is 12.8. The van der Waals surface area contributed by atoms with Crippen LogP contribution < -0.4 is 5.32 Å². The average Bonchev–Trinajstić information content (AvgIpc) is 3.12. The van der Waals surface area contributed by atoms with Gasteiger partial charge in [0.25, 0.3) is 0 Å². The van der Waals surface area contributed by atoms with E-state index in [2.05, 4.69) is 47.3 Å². The van der Waals surface area contributed by atoms with Crippen molar-refractivity contribution in [3.8, 4) is 0 Å². The van der Waals surface area contributed by atoms with Gasteiger partial charge in [-0.2, -0.15) is 11.3 Å². The fourth-order valence-electron chi connectivity index (χ4n) is 2.41. The van der Waals surface area contributed by atoms with Crippen LogP contribution in [0.2, 0.25) is 0 Å². The minimum atomic E-state index is 0.247. The number of furan rings is 1. The van der Waals surface area contributed by atoms with E-state index in [1.807, 2.05) is 12.1 Å². The molecule has 0 saturated carbocycles. The van der Waals surface area contributed by atoms with Crippen molar-refractivity contribution >= 4 is 22.3 Å². The van der Waals surface area contributed by atoms with Gasteiger partial charge in [0, 0.05) is 5.39 Å². The molecule has 1 atom stereocenters. The van der Waals surface area contributed by atoms with Gasteiger partial charge in [-0.3, -0.25) is 0 Å². The van der Waals surface area contributed by atoms with Crippen LogP contribution in [0.4, 0.5) is 0 Å². The molecule has 0 radical (unpaired) electrons. The number of nitrogens with one attached hydrogen (secondary N) is 1. The van der Waals surface area contributed by atoms with Gasteiger partial charge in [-0.15, -0.1) is 0 Å². The molecule has 0 bridgehead atoms. The molecule has 1 aromatic carbocycles. The fourth-order valence-corrected chi connectivity index (χ4v) is 3.09. The van der Waals surface area contributed by atoms with Crippen LogP contribution in [0.15, 0.2) is 51.6 Å². The Kier molecular flexibility index (Phi) is 4.19. The zero-order valence-corrected chi connectivity index (χ0v) is 12.5. The van der Waals surface area contributed by atoms with Crippen molar-refractivity contribution in [1.29, 1.82) is 0 Å². The van der Waals surface area contributed by atoms with Crippen LogP contribution in [-0.4, -0.2) is 6.54 Å². The van der Waals surface area contributed by atoms with Gasteiger partial charge >= 0.3 is 0 Å². The minimum absolute atomic E-state index is 0.247. The first-order valence-electron chi connectivity index (χ1n) is 7.09. The maximum atomic E-state index is 6.02. The van der Waals surface area contributed by atoms with Gasteiger partial charge in [0.2, 0.25) is 0 Å². The largest absolute Gasteiger partial charge is 0.459 e. The Balaban J connectivity index is 1.87. The minimum Gasteiger partial charge on any atom is -0.459 e. The second-order valence-electron chi connectivity index (χ2n) is 5.03. The molecule has 3 rings (SSSR count). The van der Waals surface area contributed by atoms with E-state index in [9.17, 15) is 0 Å². The van der Waals surface area contributed by atoms with E-state index in [1.54, 1.807) is 11.3 Å². The molecule has 2 aromatic heterocycles. The van der Waals surface area contributed by atoms with Crippen LogP contribution >= 0.6 is 11.3 Å². The molecular formula is C17H19NOS. The normalized spacial score (nSPS) is 12.8.